The van der Waals surface area contributed by atoms with Gasteiger partial charge in [-0.25, -0.2) is 8.42 Å². The number of nitrogens with zero attached hydrogens (tertiary/aromatic N) is 1. The first-order valence-electron chi connectivity index (χ1n) is 6.79. The molecule has 0 saturated carbocycles. The van der Waals surface area contributed by atoms with E-state index in [-0.39, 0.29) is 11.6 Å². The van der Waals surface area contributed by atoms with E-state index in [1.54, 1.807) is 13.8 Å². The van der Waals surface area contributed by atoms with Crippen LogP contribution in [0.2, 0.25) is 0 Å². The number of rotatable bonds is 5. The lowest BCUT2D eigenvalue weighted by molar-refractivity contribution is -0.138. The Labute approximate surface area is 133 Å². The monoisotopic (exact) mass is 352 g/mol. The number of carbonyl (C=O) groups is 1. The normalized spacial score (nSPS) is 12.7. The Kier molecular flexibility index (Phi) is 5.81. The van der Waals surface area contributed by atoms with Crippen molar-refractivity contribution < 1.29 is 26.4 Å². The molecule has 23 heavy (non-hydrogen) atoms. The summed E-state index contributed by atoms with van der Waals surface area (Å²) in [5.41, 5.74) is -1.09. The van der Waals surface area contributed by atoms with Gasteiger partial charge in [0.2, 0.25) is 15.9 Å². The molecule has 0 aliphatic rings. The zero-order valence-electron chi connectivity index (χ0n) is 13.2. The standard InChI is InChI=1S/C14H19F3N2O3S/c1-9(2)18-13(20)8-19(4)23(21,22)11-6-5-10(3)12(7-11)14(15,16)17/h5-7,9H,8H2,1-4H3,(H,18,20). The number of nitrogens with one attached hydrogen (secondary N) is 1. The third-order valence-electron chi connectivity index (χ3n) is 3.04. The third kappa shape index (κ3) is 4.93. The number of carbonyl (C=O) groups excluding carboxylic acids is 1. The summed E-state index contributed by atoms with van der Waals surface area (Å²) in [6, 6.07) is 2.60. The molecule has 130 valence electrons. The van der Waals surface area contributed by atoms with Gasteiger partial charge in [0.1, 0.15) is 0 Å². The molecule has 0 saturated heterocycles. The van der Waals surface area contributed by atoms with E-state index in [0.29, 0.717) is 6.07 Å². The van der Waals surface area contributed by atoms with Crippen LogP contribution in [0.15, 0.2) is 23.1 Å². The van der Waals surface area contributed by atoms with Crippen LogP contribution in [0.1, 0.15) is 25.0 Å². The highest BCUT2D eigenvalue weighted by Gasteiger charge is 2.34. The van der Waals surface area contributed by atoms with Crippen LogP contribution in [0.5, 0.6) is 0 Å². The summed E-state index contributed by atoms with van der Waals surface area (Å²) in [6.07, 6.45) is -4.65. The predicted octanol–water partition coefficient (Wildman–Crippen LogP) is 2.16. The van der Waals surface area contributed by atoms with Gasteiger partial charge in [0.05, 0.1) is 17.0 Å². The molecule has 9 heteroatoms. The number of sulfonamides is 1. The average Bonchev–Trinajstić information content (AvgIpc) is 2.36. The van der Waals surface area contributed by atoms with Crippen LogP contribution >= 0.6 is 0 Å². The molecule has 0 heterocycles. The van der Waals surface area contributed by atoms with Gasteiger partial charge < -0.3 is 5.32 Å². The Balaban J connectivity index is 3.11. The van der Waals surface area contributed by atoms with E-state index < -0.39 is 39.1 Å². The van der Waals surface area contributed by atoms with Crippen LogP contribution in [0.3, 0.4) is 0 Å². The summed E-state index contributed by atoms with van der Waals surface area (Å²) in [5, 5.41) is 2.52. The fourth-order valence-corrected chi connectivity index (χ4v) is 3.06. The summed E-state index contributed by atoms with van der Waals surface area (Å²) in [7, 11) is -3.06. The summed E-state index contributed by atoms with van der Waals surface area (Å²) in [6.45, 7) is 4.19. The molecule has 1 rings (SSSR count). The van der Waals surface area contributed by atoms with Gasteiger partial charge in [0.15, 0.2) is 0 Å². The van der Waals surface area contributed by atoms with E-state index in [1.165, 1.54) is 6.92 Å². The van der Waals surface area contributed by atoms with Crippen LogP contribution in [0.25, 0.3) is 0 Å². The molecule has 0 atom stereocenters. The van der Waals surface area contributed by atoms with E-state index >= 15 is 0 Å². The van der Waals surface area contributed by atoms with E-state index in [0.717, 1.165) is 23.5 Å². The highest BCUT2D eigenvalue weighted by molar-refractivity contribution is 7.89. The minimum Gasteiger partial charge on any atom is -0.353 e. The third-order valence-corrected chi connectivity index (χ3v) is 4.84. The van der Waals surface area contributed by atoms with E-state index in [9.17, 15) is 26.4 Å². The van der Waals surface area contributed by atoms with Crippen molar-refractivity contribution in [2.75, 3.05) is 13.6 Å². The number of alkyl halides is 3. The molecule has 0 unspecified atom stereocenters. The number of hydrogen-bond donors (Lipinski definition) is 1. The molecule has 0 aliphatic carbocycles. The van der Waals surface area contributed by atoms with E-state index in [1.807, 2.05) is 0 Å². The summed E-state index contributed by atoms with van der Waals surface area (Å²) >= 11 is 0. The highest BCUT2D eigenvalue weighted by Crippen LogP contribution is 2.33. The highest BCUT2D eigenvalue weighted by atomic mass is 32.2. The van der Waals surface area contributed by atoms with Crippen LogP contribution < -0.4 is 5.32 Å². The lowest BCUT2D eigenvalue weighted by atomic mass is 10.1. The predicted molar refractivity (Wildman–Crippen MR) is 79.3 cm³/mol. The largest absolute Gasteiger partial charge is 0.416 e. The molecular weight excluding hydrogens is 333 g/mol. The molecule has 1 N–H and O–H groups in total. The molecule has 0 aliphatic heterocycles. The maximum Gasteiger partial charge on any atom is 0.416 e. The van der Waals surface area contributed by atoms with Gasteiger partial charge in [-0.15, -0.1) is 0 Å². The lowest BCUT2D eigenvalue weighted by Gasteiger charge is -2.19. The van der Waals surface area contributed by atoms with E-state index in [2.05, 4.69) is 5.32 Å². The molecule has 0 aromatic heterocycles. The zero-order chi connectivity index (χ0) is 18.0. The van der Waals surface area contributed by atoms with Crippen molar-refractivity contribution in [2.24, 2.45) is 0 Å². The first kappa shape index (κ1) is 19.4. The number of halogens is 3. The van der Waals surface area contributed by atoms with Crippen LogP contribution in [0, 0.1) is 6.92 Å². The van der Waals surface area contributed by atoms with Gasteiger partial charge in [-0.05, 0) is 38.5 Å². The number of likely N-dealkylation sites (N-methyl/N-ethyl adjacent to an activating group) is 1. The summed E-state index contributed by atoms with van der Waals surface area (Å²) < 4.78 is 64.1. The Bertz CT molecular complexity index is 685. The van der Waals surface area contributed by atoms with Crippen molar-refractivity contribution in [3.8, 4) is 0 Å². The van der Waals surface area contributed by atoms with Crippen molar-refractivity contribution in [1.82, 2.24) is 9.62 Å². The topological polar surface area (TPSA) is 66.5 Å². The molecule has 0 bridgehead atoms. The van der Waals surface area contributed by atoms with Crippen LogP contribution in [0.4, 0.5) is 13.2 Å². The summed E-state index contributed by atoms with van der Waals surface area (Å²) in [4.78, 5) is 11.1. The Morgan fingerprint density at radius 1 is 1.30 bits per heavy atom. The Hall–Kier alpha value is -1.61. The van der Waals surface area contributed by atoms with Gasteiger partial charge in [-0.1, -0.05) is 6.07 Å². The molecule has 0 spiro atoms. The molecule has 1 aromatic rings. The fraction of sp³-hybridized carbons (Fsp3) is 0.500. The van der Waals surface area contributed by atoms with E-state index in [4.69, 9.17) is 0 Å². The summed E-state index contributed by atoms with van der Waals surface area (Å²) in [5.74, 6) is -0.533. The van der Waals surface area contributed by atoms with Gasteiger partial charge in [0, 0.05) is 13.1 Å². The molecule has 1 amide bonds. The van der Waals surface area contributed by atoms with Crippen LogP contribution in [-0.4, -0.2) is 38.3 Å². The number of benzene rings is 1. The van der Waals surface area contributed by atoms with Crippen molar-refractivity contribution in [2.45, 2.75) is 37.9 Å². The zero-order valence-corrected chi connectivity index (χ0v) is 14.0. The van der Waals surface area contributed by atoms with Crippen molar-refractivity contribution in [3.05, 3.63) is 29.3 Å². The minimum absolute atomic E-state index is 0.0725. The van der Waals surface area contributed by atoms with Crippen LogP contribution in [-0.2, 0) is 21.0 Å². The molecule has 0 fully saturated rings. The number of amides is 1. The SMILES string of the molecule is Cc1ccc(S(=O)(=O)N(C)CC(=O)NC(C)C)cc1C(F)(F)F. The van der Waals surface area contributed by atoms with Crippen molar-refractivity contribution in [3.63, 3.8) is 0 Å². The van der Waals surface area contributed by atoms with Gasteiger partial charge in [-0.3, -0.25) is 4.79 Å². The van der Waals surface area contributed by atoms with Crippen molar-refractivity contribution in [1.29, 1.82) is 0 Å². The Morgan fingerprint density at radius 2 is 1.87 bits per heavy atom. The first-order chi connectivity index (χ1) is 10.4. The molecular formula is C14H19F3N2O3S. The number of aryl methyl sites for hydroxylation is 1. The fourth-order valence-electron chi connectivity index (χ4n) is 1.90. The maximum absolute atomic E-state index is 12.9. The van der Waals surface area contributed by atoms with Crippen molar-refractivity contribution >= 4 is 15.9 Å². The van der Waals surface area contributed by atoms with Gasteiger partial charge in [0.25, 0.3) is 0 Å². The Morgan fingerprint density at radius 3 is 2.35 bits per heavy atom. The smallest absolute Gasteiger partial charge is 0.353 e. The molecule has 1 aromatic carbocycles. The second kappa shape index (κ2) is 6.88. The lowest BCUT2D eigenvalue weighted by Crippen LogP contribution is -2.40. The molecule has 5 nitrogen and oxygen atoms in total. The number of hydrogen-bond acceptors (Lipinski definition) is 3. The second-order valence-corrected chi connectivity index (χ2v) is 7.50. The first-order valence-corrected chi connectivity index (χ1v) is 8.23. The van der Waals surface area contributed by atoms with Gasteiger partial charge in [-0.2, -0.15) is 17.5 Å². The second-order valence-electron chi connectivity index (χ2n) is 5.46. The minimum atomic E-state index is -4.65. The van der Waals surface area contributed by atoms with Gasteiger partial charge >= 0.3 is 6.18 Å². The quantitative estimate of drug-likeness (QED) is 0.883. The molecule has 0 radical (unpaired) electrons. The maximum atomic E-state index is 12.9. The average molecular weight is 352 g/mol.